The van der Waals surface area contributed by atoms with E-state index in [2.05, 4.69) is 15.2 Å². The van der Waals surface area contributed by atoms with E-state index >= 15 is 0 Å². The second-order valence-electron chi connectivity index (χ2n) is 5.94. The van der Waals surface area contributed by atoms with Crippen LogP contribution < -0.4 is 10.2 Å². The third-order valence-corrected chi connectivity index (χ3v) is 5.23. The van der Waals surface area contributed by atoms with E-state index in [1.54, 1.807) is 6.07 Å². The van der Waals surface area contributed by atoms with Gasteiger partial charge in [0.15, 0.2) is 5.13 Å². The number of carbonyl (C=O) groups is 1. The third-order valence-electron chi connectivity index (χ3n) is 4.15. The smallest absolute Gasteiger partial charge is 0.255 e. The van der Waals surface area contributed by atoms with Crippen molar-refractivity contribution in [2.45, 2.75) is 25.7 Å². The van der Waals surface area contributed by atoms with Crippen LogP contribution in [-0.2, 0) is 4.79 Å². The number of thiazole rings is 1. The predicted molar refractivity (Wildman–Crippen MR) is 88.1 cm³/mol. The number of nitrogens with zero attached hydrogens (tertiary/aromatic N) is 2. The quantitative estimate of drug-likeness (QED) is 0.892. The maximum atomic E-state index is 13.3. The summed E-state index contributed by atoms with van der Waals surface area (Å²) in [6.45, 7) is 0.935. The zero-order chi connectivity index (χ0) is 17.1. The van der Waals surface area contributed by atoms with Crippen molar-refractivity contribution in [3.63, 3.8) is 0 Å². The number of aromatic nitrogens is 1. The Kier molecular flexibility index (Phi) is 5.23. The third kappa shape index (κ3) is 4.17. The van der Waals surface area contributed by atoms with E-state index in [0.29, 0.717) is 0 Å². The zero-order valence-corrected chi connectivity index (χ0v) is 13.8. The molecule has 1 aliphatic rings. The van der Waals surface area contributed by atoms with Gasteiger partial charge in [-0.05, 0) is 37.0 Å². The van der Waals surface area contributed by atoms with Crippen molar-refractivity contribution in [3.8, 4) is 0 Å². The average Bonchev–Trinajstić information content (AvgIpc) is 2.96. The topological polar surface area (TPSA) is 45.2 Å². The number of alkyl halides is 2. The van der Waals surface area contributed by atoms with E-state index in [9.17, 15) is 18.0 Å². The number of halogens is 3. The number of anilines is 1. The highest BCUT2D eigenvalue weighted by molar-refractivity contribution is 7.22. The van der Waals surface area contributed by atoms with Crippen molar-refractivity contribution in [3.05, 3.63) is 24.0 Å². The van der Waals surface area contributed by atoms with Crippen LogP contribution in [0.3, 0.4) is 0 Å². The molecule has 1 saturated heterocycles. The molecule has 1 fully saturated rings. The largest absolute Gasteiger partial charge is 0.350 e. The van der Waals surface area contributed by atoms with Crippen LogP contribution in [0.4, 0.5) is 18.3 Å². The molecule has 0 saturated carbocycles. The van der Waals surface area contributed by atoms with Gasteiger partial charge >= 0.3 is 0 Å². The molecule has 0 radical (unpaired) electrons. The van der Waals surface area contributed by atoms with Crippen LogP contribution in [0.1, 0.15) is 19.3 Å². The summed E-state index contributed by atoms with van der Waals surface area (Å²) in [7, 11) is 0. The Morgan fingerprint density at radius 2 is 2.12 bits per heavy atom. The Balaban J connectivity index is 1.53. The Morgan fingerprint density at radius 3 is 2.83 bits per heavy atom. The molecule has 0 aliphatic carbocycles. The summed E-state index contributed by atoms with van der Waals surface area (Å²) >= 11 is 1.46. The fourth-order valence-corrected chi connectivity index (χ4v) is 3.92. The van der Waals surface area contributed by atoms with Gasteiger partial charge < -0.3 is 10.2 Å². The fraction of sp³-hybridized carbons (Fsp3) is 0.500. The van der Waals surface area contributed by atoms with E-state index in [0.717, 1.165) is 41.3 Å². The molecule has 8 heteroatoms. The lowest BCUT2D eigenvalue weighted by Gasteiger charge is -2.31. The molecule has 1 N–H and O–H groups in total. The number of fused-ring (bicyclic) bond motifs is 1. The number of hydrogen-bond donors (Lipinski definition) is 1. The van der Waals surface area contributed by atoms with Gasteiger partial charge in [0.1, 0.15) is 5.82 Å². The molecule has 2 aromatic rings. The first-order chi connectivity index (χ1) is 11.5. The number of amides is 1. The SMILES string of the molecule is O=C(CC1CCN(c2nc3ccc(F)cc3s2)CC1)NCC(F)F. The molecule has 0 bridgehead atoms. The first kappa shape index (κ1) is 17.0. The molecule has 1 aliphatic heterocycles. The predicted octanol–water partition coefficient (Wildman–Crippen LogP) is 3.42. The minimum atomic E-state index is -2.51. The number of carbonyl (C=O) groups excluding carboxylic acids is 1. The van der Waals surface area contributed by atoms with E-state index < -0.39 is 13.0 Å². The molecule has 24 heavy (non-hydrogen) atoms. The summed E-state index contributed by atoms with van der Waals surface area (Å²) in [4.78, 5) is 18.3. The fourth-order valence-electron chi connectivity index (χ4n) is 2.88. The van der Waals surface area contributed by atoms with E-state index in [-0.39, 0.29) is 24.1 Å². The van der Waals surface area contributed by atoms with Crippen molar-refractivity contribution in [2.75, 3.05) is 24.5 Å². The van der Waals surface area contributed by atoms with Crippen LogP contribution in [0.2, 0.25) is 0 Å². The maximum Gasteiger partial charge on any atom is 0.255 e. The lowest BCUT2D eigenvalue weighted by molar-refractivity contribution is -0.122. The van der Waals surface area contributed by atoms with Gasteiger partial charge in [0.05, 0.1) is 16.8 Å². The molecule has 1 amide bonds. The van der Waals surface area contributed by atoms with Crippen LogP contribution in [-0.4, -0.2) is 37.0 Å². The van der Waals surface area contributed by atoms with Crippen LogP contribution in [0.5, 0.6) is 0 Å². The molecule has 0 atom stereocenters. The maximum absolute atomic E-state index is 13.3. The normalized spacial score (nSPS) is 16.1. The minimum absolute atomic E-state index is 0.200. The Labute approximate surface area is 141 Å². The van der Waals surface area contributed by atoms with Gasteiger partial charge in [-0.1, -0.05) is 11.3 Å². The average molecular weight is 357 g/mol. The second kappa shape index (κ2) is 7.38. The van der Waals surface area contributed by atoms with Crippen LogP contribution in [0.15, 0.2) is 18.2 Å². The first-order valence-electron chi connectivity index (χ1n) is 7.87. The molecule has 4 nitrogen and oxygen atoms in total. The van der Waals surface area contributed by atoms with Gasteiger partial charge in [-0.2, -0.15) is 0 Å². The summed E-state index contributed by atoms with van der Waals surface area (Å²) in [5, 5.41) is 3.10. The molecule has 1 aromatic heterocycles. The Hall–Kier alpha value is -1.83. The molecule has 0 unspecified atom stereocenters. The lowest BCUT2D eigenvalue weighted by Crippen LogP contribution is -2.36. The van der Waals surface area contributed by atoms with Crippen molar-refractivity contribution in [2.24, 2.45) is 5.92 Å². The number of nitrogens with one attached hydrogen (secondary N) is 1. The summed E-state index contributed by atoms with van der Waals surface area (Å²) in [5.41, 5.74) is 0.782. The number of rotatable bonds is 5. The molecule has 3 rings (SSSR count). The number of benzene rings is 1. The first-order valence-corrected chi connectivity index (χ1v) is 8.69. The molecule has 0 spiro atoms. The summed E-state index contributed by atoms with van der Waals surface area (Å²) in [5.74, 6) is -0.388. The standard InChI is InChI=1S/C16H18F3N3OS/c17-11-1-2-12-13(8-11)24-16(21-12)22-5-3-10(4-6-22)7-15(23)20-9-14(18)19/h1-2,8,10,14H,3-7,9H2,(H,20,23). The summed E-state index contributed by atoms with van der Waals surface area (Å²) < 4.78 is 38.2. The molecule has 2 heterocycles. The zero-order valence-electron chi connectivity index (χ0n) is 13.0. The van der Waals surface area contributed by atoms with Gasteiger partial charge in [-0.15, -0.1) is 0 Å². The number of hydrogen-bond acceptors (Lipinski definition) is 4. The highest BCUT2D eigenvalue weighted by Gasteiger charge is 2.23. The molecular weight excluding hydrogens is 339 g/mol. The minimum Gasteiger partial charge on any atom is -0.350 e. The van der Waals surface area contributed by atoms with Gasteiger partial charge in [-0.25, -0.2) is 18.2 Å². The van der Waals surface area contributed by atoms with Crippen molar-refractivity contribution in [1.82, 2.24) is 10.3 Å². The molecule has 130 valence electrons. The Morgan fingerprint density at radius 1 is 1.38 bits per heavy atom. The van der Waals surface area contributed by atoms with Crippen molar-refractivity contribution in [1.29, 1.82) is 0 Å². The van der Waals surface area contributed by atoms with Gasteiger partial charge in [0, 0.05) is 19.5 Å². The van der Waals surface area contributed by atoms with Crippen LogP contribution >= 0.6 is 11.3 Å². The monoisotopic (exact) mass is 357 g/mol. The molecular formula is C16H18F3N3OS. The van der Waals surface area contributed by atoms with Gasteiger partial charge in [-0.3, -0.25) is 4.79 Å². The summed E-state index contributed by atoms with van der Waals surface area (Å²) in [6, 6.07) is 4.55. The number of piperidine rings is 1. The summed E-state index contributed by atoms with van der Waals surface area (Å²) in [6.07, 6.45) is -0.607. The Bertz CT molecular complexity index is 714. The second-order valence-corrected chi connectivity index (χ2v) is 6.95. The highest BCUT2D eigenvalue weighted by atomic mass is 32.1. The van der Waals surface area contributed by atoms with E-state index in [1.165, 1.54) is 23.5 Å². The van der Waals surface area contributed by atoms with Crippen LogP contribution in [0, 0.1) is 11.7 Å². The highest BCUT2D eigenvalue weighted by Crippen LogP contribution is 2.32. The lowest BCUT2D eigenvalue weighted by atomic mass is 9.93. The van der Waals surface area contributed by atoms with E-state index in [4.69, 9.17) is 0 Å². The van der Waals surface area contributed by atoms with Crippen molar-refractivity contribution < 1.29 is 18.0 Å². The van der Waals surface area contributed by atoms with Crippen molar-refractivity contribution >= 4 is 32.6 Å². The van der Waals surface area contributed by atoms with Gasteiger partial charge in [0.25, 0.3) is 6.43 Å². The van der Waals surface area contributed by atoms with E-state index in [1.807, 2.05) is 0 Å². The van der Waals surface area contributed by atoms with Gasteiger partial charge in [0.2, 0.25) is 5.91 Å². The molecule has 1 aromatic carbocycles. The van der Waals surface area contributed by atoms with Crippen LogP contribution in [0.25, 0.3) is 10.2 Å².